The number of aliphatic imine (C=N–C) groups is 1. The molecule has 3 aromatic rings. The summed E-state index contributed by atoms with van der Waals surface area (Å²) in [6.45, 7) is 3.75. The molecule has 32 heavy (non-hydrogen) atoms. The standard InChI is InChI=1S/C26H19F4NS/c1-3-4-5-21-22(27)11-17(12-23(21)28)6-7-18-8-9-19(10-16(18)2)20-13-24(29)26(31-15-32)25(30)14-20/h8-14H,3-5H2,1-2H3. The number of isothiocyanates is 1. The Morgan fingerprint density at radius 3 is 2.06 bits per heavy atom. The van der Waals surface area contributed by atoms with Crippen LogP contribution in [0.2, 0.25) is 0 Å². The normalized spacial score (nSPS) is 10.3. The number of nitrogens with zero attached hydrogens (tertiary/aromatic N) is 1. The van der Waals surface area contributed by atoms with Crippen LogP contribution in [-0.4, -0.2) is 5.16 Å². The number of hydrogen-bond acceptors (Lipinski definition) is 2. The first kappa shape index (κ1) is 23.4. The van der Waals surface area contributed by atoms with E-state index in [1.807, 2.05) is 12.1 Å². The molecule has 0 saturated carbocycles. The van der Waals surface area contributed by atoms with Crippen molar-refractivity contribution < 1.29 is 17.6 Å². The lowest BCUT2D eigenvalue weighted by atomic mass is 9.99. The number of aryl methyl sites for hydroxylation is 1. The molecule has 0 saturated heterocycles. The fraction of sp³-hybridized carbons (Fsp3) is 0.192. The van der Waals surface area contributed by atoms with Crippen molar-refractivity contribution in [3.63, 3.8) is 0 Å². The average Bonchev–Trinajstić information content (AvgIpc) is 2.74. The third kappa shape index (κ3) is 5.31. The molecule has 0 heterocycles. The Balaban J connectivity index is 1.89. The Morgan fingerprint density at radius 2 is 1.50 bits per heavy atom. The SMILES string of the molecule is CCCCc1c(F)cc(C#Cc2ccc(-c3cc(F)c(N=C=S)c(F)c3)cc2C)cc1F. The molecule has 3 rings (SSSR count). The number of unbranched alkanes of at least 4 members (excludes halogenated alkanes) is 1. The van der Waals surface area contributed by atoms with Crippen LogP contribution in [0.15, 0.2) is 47.5 Å². The topological polar surface area (TPSA) is 12.4 Å². The zero-order valence-corrected chi connectivity index (χ0v) is 18.3. The summed E-state index contributed by atoms with van der Waals surface area (Å²) < 4.78 is 56.7. The molecule has 1 nitrogen and oxygen atoms in total. The van der Waals surface area contributed by atoms with Crippen LogP contribution in [0.4, 0.5) is 23.2 Å². The molecule has 0 aliphatic carbocycles. The van der Waals surface area contributed by atoms with E-state index in [0.29, 0.717) is 29.5 Å². The fourth-order valence-corrected chi connectivity index (χ4v) is 3.37. The maximum Gasteiger partial charge on any atom is 0.153 e. The highest BCUT2D eigenvalue weighted by Gasteiger charge is 2.12. The third-order valence-electron chi connectivity index (χ3n) is 5.00. The molecule has 162 valence electrons. The van der Waals surface area contributed by atoms with Crippen molar-refractivity contribution in [1.82, 2.24) is 0 Å². The van der Waals surface area contributed by atoms with E-state index in [-0.39, 0.29) is 11.1 Å². The van der Waals surface area contributed by atoms with Crippen LogP contribution < -0.4 is 0 Å². The minimum Gasteiger partial charge on any atom is -0.207 e. The number of hydrogen-bond donors (Lipinski definition) is 0. The van der Waals surface area contributed by atoms with Gasteiger partial charge in [-0.25, -0.2) is 17.6 Å². The molecule has 0 aliphatic rings. The Kier molecular flexibility index (Phi) is 7.58. The summed E-state index contributed by atoms with van der Waals surface area (Å²) >= 11 is 4.40. The minimum absolute atomic E-state index is 0.0831. The van der Waals surface area contributed by atoms with E-state index < -0.39 is 29.0 Å². The summed E-state index contributed by atoms with van der Waals surface area (Å²) in [6, 6.07) is 9.90. The zero-order chi connectivity index (χ0) is 23.3. The highest BCUT2D eigenvalue weighted by atomic mass is 32.1. The van der Waals surface area contributed by atoms with Gasteiger partial charge < -0.3 is 0 Å². The van der Waals surface area contributed by atoms with Gasteiger partial charge >= 0.3 is 0 Å². The molecule has 6 heteroatoms. The molecule has 0 spiro atoms. The number of thiocarbonyl (C=S) groups is 1. The summed E-state index contributed by atoms with van der Waals surface area (Å²) in [5, 5.41) is 1.95. The second kappa shape index (κ2) is 10.4. The quantitative estimate of drug-likeness (QED) is 0.167. The molecule has 0 aliphatic heterocycles. The van der Waals surface area contributed by atoms with Gasteiger partial charge in [0.2, 0.25) is 0 Å². The number of benzene rings is 3. The van der Waals surface area contributed by atoms with Crippen molar-refractivity contribution in [1.29, 1.82) is 0 Å². The largest absolute Gasteiger partial charge is 0.207 e. The Hall–Kier alpha value is -3.26. The summed E-state index contributed by atoms with van der Waals surface area (Å²) in [5.41, 5.74) is 2.13. The summed E-state index contributed by atoms with van der Waals surface area (Å²) in [5.74, 6) is 2.82. The van der Waals surface area contributed by atoms with E-state index in [2.05, 4.69) is 29.1 Å². The first-order valence-electron chi connectivity index (χ1n) is 10.0. The fourth-order valence-electron chi connectivity index (χ4n) is 3.28. The zero-order valence-electron chi connectivity index (χ0n) is 17.5. The molecule has 0 bridgehead atoms. The van der Waals surface area contributed by atoms with Crippen LogP contribution in [-0.2, 0) is 6.42 Å². The highest BCUT2D eigenvalue weighted by molar-refractivity contribution is 7.78. The summed E-state index contributed by atoms with van der Waals surface area (Å²) in [4.78, 5) is 3.40. The van der Waals surface area contributed by atoms with Gasteiger partial charge in [0.25, 0.3) is 0 Å². The molecule has 0 atom stereocenters. The van der Waals surface area contributed by atoms with Crippen LogP contribution >= 0.6 is 12.2 Å². The molecule has 0 radical (unpaired) electrons. The van der Waals surface area contributed by atoms with Gasteiger partial charge in [0, 0.05) is 16.7 Å². The maximum atomic E-state index is 14.2. The van der Waals surface area contributed by atoms with E-state index >= 15 is 0 Å². The van der Waals surface area contributed by atoms with Crippen molar-refractivity contribution in [2.24, 2.45) is 4.99 Å². The molecule has 0 N–H and O–H groups in total. The number of rotatable bonds is 5. The van der Waals surface area contributed by atoms with Gasteiger partial charge in [-0.3, -0.25) is 0 Å². The lowest BCUT2D eigenvalue weighted by Crippen LogP contribution is -1.97. The molecule has 0 aromatic heterocycles. The Bertz CT molecular complexity index is 1230. The minimum atomic E-state index is -0.842. The predicted octanol–water partition coefficient (Wildman–Crippen LogP) is 7.70. The van der Waals surface area contributed by atoms with Crippen LogP contribution in [0.5, 0.6) is 0 Å². The predicted molar refractivity (Wildman–Crippen MR) is 122 cm³/mol. The van der Waals surface area contributed by atoms with Crippen LogP contribution in [0.3, 0.4) is 0 Å². The summed E-state index contributed by atoms with van der Waals surface area (Å²) in [6.07, 6.45) is 1.91. The monoisotopic (exact) mass is 453 g/mol. The van der Waals surface area contributed by atoms with E-state index in [0.717, 1.165) is 12.0 Å². The van der Waals surface area contributed by atoms with Crippen LogP contribution in [0, 0.1) is 42.0 Å². The van der Waals surface area contributed by atoms with Gasteiger partial charge in [-0.15, -0.1) is 0 Å². The Morgan fingerprint density at radius 1 is 0.844 bits per heavy atom. The summed E-state index contributed by atoms with van der Waals surface area (Å²) in [7, 11) is 0. The lowest BCUT2D eigenvalue weighted by Gasteiger charge is -2.07. The maximum absolute atomic E-state index is 14.2. The van der Waals surface area contributed by atoms with E-state index in [4.69, 9.17) is 0 Å². The van der Waals surface area contributed by atoms with Crippen LogP contribution in [0.25, 0.3) is 11.1 Å². The highest BCUT2D eigenvalue weighted by Crippen LogP contribution is 2.30. The van der Waals surface area contributed by atoms with Gasteiger partial charge in [0.1, 0.15) is 17.3 Å². The third-order valence-corrected chi connectivity index (χ3v) is 5.09. The van der Waals surface area contributed by atoms with Gasteiger partial charge in [-0.1, -0.05) is 37.3 Å². The van der Waals surface area contributed by atoms with Crippen molar-refractivity contribution >= 4 is 23.1 Å². The molecular weight excluding hydrogens is 434 g/mol. The van der Waals surface area contributed by atoms with Crippen molar-refractivity contribution in [2.45, 2.75) is 33.1 Å². The van der Waals surface area contributed by atoms with Gasteiger partial charge in [0.05, 0.1) is 5.16 Å². The first-order chi connectivity index (χ1) is 15.3. The van der Waals surface area contributed by atoms with Crippen molar-refractivity contribution in [3.8, 4) is 23.0 Å². The van der Waals surface area contributed by atoms with Gasteiger partial charge in [-0.2, -0.15) is 4.99 Å². The van der Waals surface area contributed by atoms with Crippen molar-refractivity contribution in [3.05, 3.63) is 88.0 Å². The Labute approximate surface area is 189 Å². The smallest absolute Gasteiger partial charge is 0.153 e. The van der Waals surface area contributed by atoms with E-state index in [1.165, 1.54) is 24.3 Å². The molecular formula is C26H19F4NS. The lowest BCUT2D eigenvalue weighted by molar-refractivity contribution is 0.548. The molecule has 0 amide bonds. The molecule has 3 aromatic carbocycles. The second-order valence-corrected chi connectivity index (χ2v) is 7.48. The average molecular weight is 454 g/mol. The van der Waals surface area contributed by atoms with E-state index in [9.17, 15) is 17.6 Å². The van der Waals surface area contributed by atoms with Gasteiger partial charge in [0.15, 0.2) is 11.6 Å². The van der Waals surface area contributed by atoms with Crippen LogP contribution in [0.1, 0.15) is 42.0 Å². The number of halogens is 4. The molecule has 0 fully saturated rings. The van der Waals surface area contributed by atoms with Crippen molar-refractivity contribution in [2.75, 3.05) is 0 Å². The molecule has 0 unspecified atom stereocenters. The second-order valence-electron chi connectivity index (χ2n) is 7.29. The first-order valence-corrected chi connectivity index (χ1v) is 10.4. The van der Waals surface area contributed by atoms with E-state index in [1.54, 1.807) is 25.1 Å². The van der Waals surface area contributed by atoms with Gasteiger partial charge in [-0.05, 0) is 79.0 Å².